The fraction of sp³-hybridized carbons (Fsp3) is 0.889. The molecule has 1 fully saturated rings. The molecule has 0 bridgehead atoms. The molecule has 0 heterocycles. The molecule has 0 unspecified atom stereocenters. The number of carboxylic acid groups (broad SMARTS) is 1. The van der Waals surface area contributed by atoms with Crippen LogP contribution in [0, 0.1) is 5.92 Å². The van der Waals surface area contributed by atoms with Crippen LogP contribution < -0.4 is 5.73 Å². The van der Waals surface area contributed by atoms with Crippen molar-refractivity contribution in [3.63, 3.8) is 0 Å². The first-order valence-corrected chi connectivity index (χ1v) is 5.42. The van der Waals surface area contributed by atoms with Gasteiger partial charge in [-0.05, 0) is 31.5 Å². The van der Waals surface area contributed by atoms with E-state index in [9.17, 15) is 9.90 Å². The number of aliphatic hydroxyl groups is 1. The van der Waals surface area contributed by atoms with Gasteiger partial charge in [0.25, 0.3) is 0 Å². The second-order valence-corrected chi connectivity index (χ2v) is 4.57. The van der Waals surface area contributed by atoms with E-state index < -0.39 is 24.7 Å². The highest BCUT2D eigenvalue weighted by molar-refractivity contribution is 6.40. The number of aliphatic hydroxyl groups excluding tert-OH is 1. The summed E-state index contributed by atoms with van der Waals surface area (Å²) in [7, 11) is -1.37. The fourth-order valence-electron chi connectivity index (χ4n) is 2.23. The third-order valence-electron chi connectivity index (χ3n) is 3.30. The fourth-order valence-corrected chi connectivity index (χ4v) is 2.23. The SMILES string of the molecule is N[C@@]1(C(=O)O)C[C@@H](CCB(O)O)CC[C@@H]1O. The molecule has 6 nitrogen and oxygen atoms in total. The van der Waals surface area contributed by atoms with Crippen molar-refractivity contribution < 1.29 is 25.1 Å². The molecule has 0 saturated heterocycles. The van der Waals surface area contributed by atoms with Gasteiger partial charge in [0.1, 0.15) is 5.54 Å². The van der Waals surface area contributed by atoms with Gasteiger partial charge >= 0.3 is 13.1 Å². The third-order valence-corrected chi connectivity index (χ3v) is 3.30. The van der Waals surface area contributed by atoms with Gasteiger partial charge in [-0.25, -0.2) is 0 Å². The van der Waals surface area contributed by atoms with Crippen LogP contribution in [0.15, 0.2) is 0 Å². The molecule has 0 amide bonds. The number of carboxylic acids is 1. The minimum absolute atomic E-state index is 0.0197. The van der Waals surface area contributed by atoms with Crippen molar-refractivity contribution in [2.45, 2.75) is 43.6 Å². The van der Waals surface area contributed by atoms with E-state index in [4.69, 9.17) is 20.9 Å². The molecule has 0 aliphatic heterocycles. The first kappa shape index (κ1) is 13.4. The Hall–Kier alpha value is -0.625. The van der Waals surface area contributed by atoms with Gasteiger partial charge in [0.2, 0.25) is 0 Å². The highest BCUT2D eigenvalue weighted by Gasteiger charge is 2.46. The van der Waals surface area contributed by atoms with Gasteiger partial charge in [-0.3, -0.25) is 4.79 Å². The normalized spacial score (nSPS) is 34.8. The minimum Gasteiger partial charge on any atom is -0.480 e. The molecular weight excluding hydrogens is 213 g/mol. The molecule has 1 aliphatic carbocycles. The van der Waals surface area contributed by atoms with E-state index in [1.807, 2.05) is 0 Å². The van der Waals surface area contributed by atoms with Gasteiger partial charge in [0.05, 0.1) is 6.10 Å². The second kappa shape index (κ2) is 5.14. The van der Waals surface area contributed by atoms with Crippen LogP contribution in [-0.4, -0.2) is 45.0 Å². The smallest absolute Gasteiger partial charge is 0.451 e. The molecule has 0 aromatic heterocycles. The zero-order chi connectivity index (χ0) is 12.3. The van der Waals surface area contributed by atoms with Crippen LogP contribution in [0.2, 0.25) is 6.32 Å². The van der Waals surface area contributed by atoms with E-state index in [1.54, 1.807) is 0 Å². The highest BCUT2D eigenvalue weighted by Crippen LogP contribution is 2.34. The molecule has 0 spiro atoms. The average Bonchev–Trinajstić information content (AvgIpc) is 2.19. The Morgan fingerprint density at radius 2 is 2.06 bits per heavy atom. The Balaban J connectivity index is 2.57. The molecule has 16 heavy (non-hydrogen) atoms. The summed E-state index contributed by atoms with van der Waals surface area (Å²) in [6.07, 6.45) is 0.874. The van der Waals surface area contributed by atoms with Crippen LogP contribution in [0.25, 0.3) is 0 Å². The molecule has 1 aliphatic rings. The van der Waals surface area contributed by atoms with Gasteiger partial charge in [0, 0.05) is 0 Å². The molecule has 6 N–H and O–H groups in total. The zero-order valence-electron chi connectivity index (χ0n) is 9.04. The number of rotatable bonds is 4. The van der Waals surface area contributed by atoms with Crippen molar-refractivity contribution in [1.82, 2.24) is 0 Å². The minimum atomic E-state index is -1.59. The van der Waals surface area contributed by atoms with Gasteiger partial charge in [-0.2, -0.15) is 0 Å². The maximum Gasteiger partial charge on any atom is 0.451 e. The zero-order valence-corrected chi connectivity index (χ0v) is 9.04. The van der Waals surface area contributed by atoms with Crippen LogP contribution >= 0.6 is 0 Å². The standard InChI is InChI=1S/C9H18BNO5/c11-9(8(13)14)5-6(1-2-7(9)12)3-4-10(15)16/h6-7,12,15-16H,1-5,11H2,(H,13,14)/t6-,7+,9+/m1/s1. The van der Waals surface area contributed by atoms with Crippen LogP contribution in [-0.2, 0) is 4.79 Å². The Morgan fingerprint density at radius 3 is 2.56 bits per heavy atom. The van der Waals surface area contributed by atoms with E-state index in [0.717, 1.165) is 0 Å². The molecule has 7 heteroatoms. The van der Waals surface area contributed by atoms with E-state index in [0.29, 0.717) is 19.3 Å². The number of carbonyl (C=O) groups is 1. The summed E-state index contributed by atoms with van der Waals surface area (Å²) in [5.74, 6) is -1.18. The second-order valence-electron chi connectivity index (χ2n) is 4.57. The maximum atomic E-state index is 11.0. The molecule has 0 aromatic rings. The Bertz CT molecular complexity index is 262. The maximum absolute atomic E-state index is 11.0. The summed E-state index contributed by atoms with van der Waals surface area (Å²) >= 11 is 0. The van der Waals surface area contributed by atoms with Crippen LogP contribution in [0.1, 0.15) is 25.7 Å². The first-order chi connectivity index (χ1) is 7.36. The Labute approximate surface area is 94.2 Å². The van der Waals surface area contributed by atoms with Gasteiger partial charge in [0.15, 0.2) is 0 Å². The van der Waals surface area contributed by atoms with E-state index in [2.05, 4.69) is 0 Å². The van der Waals surface area contributed by atoms with E-state index in [1.165, 1.54) is 0 Å². The quantitative estimate of drug-likeness (QED) is 0.387. The lowest BCUT2D eigenvalue weighted by atomic mass is 9.70. The summed E-state index contributed by atoms with van der Waals surface area (Å²) in [4.78, 5) is 11.0. The summed E-state index contributed by atoms with van der Waals surface area (Å²) in [5.41, 5.74) is 4.07. The monoisotopic (exact) mass is 231 g/mol. The van der Waals surface area contributed by atoms with E-state index >= 15 is 0 Å². The number of nitrogens with two attached hydrogens (primary N) is 1. The Kier molecular flexibility index (Phi) is 4.31. The lowest BCUT2D eigenvalue weighted by Crippen LogP contribution is -2.60. The Morgan fingerprint density at radius 1 is 1.44 bits per heavy atom. The summed E-state index contributed by atoms with van der Waals surface area (Å²) < 4.78 is 0. The van der Waals surface area contributed by atoms with Crippen LogP contribution in [0.5, 0.6) is 0 Å². The lowest BCUT2D eigenvalue weighted by Gasteiger charge is -2.38. The third kappa shape index (κ3) is 2.94. The summed E-state index contributed by atoms with van der Waals surface area (Å²) in [5, 5.41) is 36.0. The molecule has 92 valence electrons. The largest absolute Gasteiger partial charge is 0.480 e. The van der Waals surface area contributed by atoms with Crippen LogP contribution in [0.4, 0.5) is 0 Å². The van der Waals surface area contributed by atoms with Crippen molar-refractivity contribution in [1.29, 1.82) is 0 Å². The molecule has 0 aromatic carbocycles. The molecular formula is C9H18BNO5. The molecule has 1 rings (SSSR count). The first-order valence-electron chi connectivity index (χ1n) is 5.42. The van der Waals surface area contributed by atoms with Crippen molar-refractivity contribution in [2.24, 2.45) is 11.7 Å². The van der Waals surface area contributed by atoms with Crippen LogP contribution in [0.3, 0.4) is 0 Å². The van der Waals surface area contributed by atoms with Crippen molar-refractivity contribution in [3.8, 4) is 0 Å². The number of aliphatic carboxylic acids is 1. The van der Waals surface area contributed by atoms with Crippen molar-refractivity contribution in [2.75, 3.05) is 0 Å². The van der Waals surface area contributed by atoms with Gasteiger partial charge < -0.3 is 26.0 Å². The highest BCUT2D eigenvalue weighted by atomic mass is 16.4. The van der Waals surface area contributed by atoms with Gasteiger partial charge in [-0.15, -0.1) is 0 Å². The predicted molar refractivity (Wildman–Crippen MR) is 57.5 cm³/mol. The van der Waals surface area contributed by atoms with E-state index in [-0.39, 0.29) is 18.7 Å². The van der Waals surface area contributed by atoms with Crippen molar-refractivity contribution >= 4 is 13.1 Å². The summed E-state index contributed by atoms with van der Waals surface area (Å²) in [6, 6.07) is 0. The average molecular weight is 231 g/mol. The topological polar surface area (TPSA) is 124 Å². The molecule has 0 radical (unpaired) electrons. The molecule has 3 atom stereocenters. The lowest BCUT2D eigenvalue weighted by molar-refractivity contribution is -0.151. The predicted octanol–water partition coefficient (Wildman–Crippen LogP) is -1.21. The summed E-state index contributed by atoms with van der Waals surface area (Å²) in [6.45, 7) is 0. The molecule has 1 saturated carbocycles. The van der Waals surface area contributed by atoms with Crippen molar-refractivity contribution in [3.05, 3.63) is 0 Å². The van der Waals surface area contributed by atoms with Gasteiger partial charge in [-0.1, -0.05) is 6.42 Å². The number of hydrogen-bond acceptors (Lipinski definition) is 5. The number of hydrogen-bond donors (Lipinski definition) is 5.